The van der Waals surface area contributed by atoms with Gasteiger partial charge in [-0.1, -0.05) is 32.0 Å². The second kappa shape index (κ2) is 12.8. The molecule has 1 heterocycles. The molecular formula is C28H38N4O5. The van der Waals surface area contributed by atoms with Gasteiger partial charge in [0.1, 0.15) is 18.5 Å². The summed E-state index contributed by atoms with van der Waals surface area (Å²) in [4.78, 5) is 18.0. The largest absolute Gasteiger partial charge is 0.490 e. The summed E-state index contributed by atoms with van der Waals surface area (Å²) in [6.45, 7) is 10.0. The van der Waals surface area contributed by atoms with Gasteiger partial charge in [0, 0.05) is 24.1 Å². The lowest BCUT2D eigenvalue weighted by atomic mass is 10.0. The molecule has 0 radical (unpaired) electrons. The summed E-state index contributed by atoms with van der Waals surface area (Å²) in [6, 6.07) is 10.1. The van der Waals surface area contributed by atoms with Gasteiger partial charge >= 0.3 is 0 Å². The summed E-state index contributed by atoms with van der Waals surface area (Å²) in [5.41, 5.74) is 11.1. The van der Waals surface area contributed by atoms with Crippen molar-refractivity contribution in [3.63, 3.8) is 0 Å². The third kappa shape index (κ3) is 7.15. The van der Waals surface area contributed by atoms with Crippen LogP contribution in [-0.2, 0) is 24.2 Å². The number of aliphatic hydroxyl groups is 2. The van der Waals surface area contributed by atoms with Crippen molar-refractivity contribution in [1.82, 2.24) is 15.0 Å². The first-order valence-corrected chi connectivity index (χ1v) is 12.7. The van der Waals surface area contributed by atoms with Crippen molar-refractivity contribution in [2.45, 2.75) is 65.7 Å². The maximum absolute atomic E-state index is 11.0. The van der Waals surface area contributed by atoms with Crippen LogP contribution in [0.5, 0.6) is 5.75 Å². The number of primary amides is 1. The molecule has 200 valence electrons. The molecule has 0 saturated carbocycles. The van der Waals surface area contributed by atoms with Crippen molar-refractivity contribution in [2.24, 2.45) is 5.73 Å². The van der Waals surface area contributed by atoms with E-state index in [2.05, 4.69) is 48.1 Å². The quantitative estimate of drug-likeness (QED) is 0.319. The Morgan fingerprint density at radius 2 is 1.78 bits per heavy atom. The summed E-state index contributed by atoms with van der Waals surface area (Å²) in [6.07, 6.45) is -1.04. The van der Waals surface area contributed by atoms with Gasteiger partial charge in [-0.05, 0) is 79.9 Å². The third-order valence-electron chi connectivity index (χ3n) is 6.47. The average Bonchev–Trinajstić information content (AvgIpc) is 3.38. The maximum Gasteiger partial charge on any atom is 0.258 e. The molecule has 1 unspecified atom stereocenters. The number of carbonyl (C=O) groups excluding carboxylic acids is 1. The average molecular weight is 511 g/mol. The number of carbonyl (C=O) groups is 1. The molecule has 0 saturated heterocycles. The number of hydrogen-bond acceptors (Lipinski definition) is 8. The van der Waals surface area contributed by atoms with Crippen LogP contribution >= 0.6 is 0 Å². The van der Waals surface area contributed by atoms with Crippen LogP contribution in [0.1, 0.15) is 49.4 Å². The molecule has 0 aliphatic heterocycles. The fraction of sp³-hybridized carbons (Fsp3) is 0.464. The Labute approximate surface area is 218 Å². The Morgan fingerprint density at radius 3 is 2.43 bits per heavy atom. The molecule has 0 spiro atoms. The molecule has 2 aromatic carbocycles. The molecule has 0 fully saturated rings. The zero-order valence-corrected chi connectivity index (χ0v) is 22.3. The van der Waals surface area contributed by atoms with E-state index in [0.717, 1.165) is 41.8 Å². The second-order valence-corrected chi connectivity index (χ2v) is 9.34. The lowest BCUT2D eigenvalue weighted by Crippen LogP contribution is -2.33. The highest BCUT2D eigenvalue weighted by atomic mass is 16.5. The molecule has 9 nitrogen and oxygen atoms in total. The SMILES string of the molecule is CCc1cc(-c2nc(-c3cc(C)c(OC[C@@H](O)CC(O)C(N)=O)c(CC)c3)no2)ccc1CN(C)CC. The highest BCUT2D eigenvalue weighted by Crippen LogP contribution is 2.32. The Morgan fingerprint density at radius 1 is 1.08 bits per heavy atom. The van der Waals surface area contributed by atoms with E-state index in [0.29, 0.717) is 23.9 Å². The Balaban J connectivity index is 1.80. The van der Waals surface area contributed by atoms with Crippen LogP contribution in [0.3, 0.4) is 0 Å². The van der Waals surface area contributed by atoms with E-state index in [4.69, 9.17) is 15.0 Å². The fourth-order valence-electron chi connectivity index (χ4n) is 4.17. The molecule has 3 aromatic rings. The summed E-state index contributed by atoms with van der Waals surface area (Å²) < 4.78 is 11.5. The minimum absolute atomic E-state index is 0.0757. The van der Waals surface area contributed by atoms with Crippen LogP contribution < -0.4 is 10.5 Å². The normalized spacial score (nSPS) is 13.1. The van der Waals surface area contributed by atoms with Crippen LogP contribution in [0.15, 0.2) is 34.9 Å². The van der Waals surface area contributed by atoms with E-state index in [-0.39, 0.29) is 13.0 Å². The van der Waals surface area contributed by atoms with Crippen LogP contribution in [0, 0.1) is 6.92 Å². The zero-order valence-electron chi connectivity index (χ0n) is 22.3. The molecular weight excluding hydrogens is 472 g/mol. The van der Waals surface area contributed by atoms with E-state index in [1.54, 1.807) is 0 Å². The molecule has 3 rings (SSSR count). The summed E-state index contributed by atoms with van der Waals surface area (Å²) in [7, 11) is 2.11. The van der Waals surface area contributed by atoms with E-state index >= 15 is 0 Å². The van der Waals surface area contributed by atoms with Gasteiger partial charge in [-0.3, -0.25) is 4.79 Å². The number of aryl methyl sites for hydroxylation is 3. The van der Waals surface area contributed by atoms with Crippen LogP contribution in [0.2, 0.25) is 0 Å². The highest BCUT2D eigenvalue weighted by molar-refractivity contribution is 5.78. The van der Waals surface area contributed by atoms with Gasteiger partial charge < -0.3 is 30.1 Å². The molecule has 0 aliphatic rings. The van der Waals surface area contributed by atoms with Gasteiger partial charge in [0.05, 0.1) is 6.10 Å². The first-order valence-electron chi connectivity index (χ1n) is 12.7. The molecule has 1 aromatic heterocycles. The van der Waals surface area contributed by atoms with Gasteiger partial charge in [-0.2, -0.15) is 4.98 Å². The van der Waals surface area contributed by atoms with Crippen molar-refractivity contribution in [3.8, 4) is 28.6 Å². The number of rotatable bonds is 13. The number of benzene rings is 2. The van der Waals surface area contributed by atoms with E-state index in [1.807, 2.05) is 32.0 Å². The predicted octanol–water partition coefficient (Wildman–Crippen LogP) is 3.26. The Bertz CT molecular complexity index is 1210. The third-order valence-corrected chi connectivity index (χ3v) is 6.47. The number of amides is 1. The Kier molecular flexibility index (Phi) is 9.79. The molecule has 4 N–H and O–H groups in total. The monoisotopic (exact) mass is 510 g/mol. The van der Waals surface area contributed by atoms with E-state index < -0.39 is 18.1 Å². The van der Waals surface area contributed by atoms with Gasteiger partial charge in [0.25, 0.3) is 5.89 Å². The predicted molar refractivity (Wildman–Crippen MR) is 142 cm³/mol. The van der Waals surface area contributed by atoms with Crippen molar-refractivity contribution >= 4 is 5.91 Å². The second-order valence-electron chi connectivity index (χ2n) is 9.34. The summed E-state index contributed by atoms with van der Waals surface area (Å²) >= 11 is 0. The number of nitrogens with two attached hydrogens (primary N) is 1. The smallest absolute Gasteiger partial charge is 0.258 e. The van der Waals surface area contributed by atoms with Gasteiger partial charge in [0.15, 0.2) is 0 Å². The summed E-state index contributed by atoms with van der Waals surface area (Å²) in [5, 5.41) is 23.9. The first kappa shape index (κ1) is 28.3. The van der Waals surface area contributed by atoms with Gasteiger partial charge in [-0.25, -0.2) is 0 Å². The number of hydrogen-bond donors (Lipinski definition) is 3. The van der Waals surface area contributed by atoms with Crippen LogP contribution in [-0.4, -0.2) is 63.6 Å². The fourth-order valence-corrected chi connectivity index (χ4v) is 4.17. The standard InChI is InChI=1S/C28H38N4O5/c1-6-18-12-20(9-10-21(18)15-32(5)8-3)28-30-27(31-37-28)22-11-17(4)25(19(7-2)13-22)36-16-23(33)14-24(34)26(29)35/h9-13,23-24,33-34H,6-8,14-16H2,1-5H3,(H2,29,35)/t23-,24?/m0/s1. The van der Waals surface area contributed by atoms with Gasteiger partial charge in [0.2, 0.25) is 11.7 Å². The molecule has 9 heteroatoms. The lowest BCUT2D eigenvalue weighted by molar-refractivity contribution is -0.127. The van der Waals surface area contributed by atoms with Crippen molar-refractivity contribution in [1.29, 1.82) is 0 Å². The van der Waals surface area contributed by atoms with Crippen LogP contribution in [0.4, 0.5) is 0 Å². The molecule has 0 bridgehead atoms. The number of ether oxygens (including phenoxy) is 1. The lowest BCUT2D eigenvalue weighted by Gasteiger charge is -2.18. The minimum atomic E-state index is -1.41. The molecule has 1 amide bonds. The Hall–Kier alpha value is -3.27. The van der Waals surface area contributed by atoms with Crippen molar-refractivity contribution in [2.75, 3.05) is 20.2 Å². The number of nitrogens with zero attached hydrogens (tertiary/aromatic N) is 3. The van der Waals surface area contributed by atoms with Gasteiger partial charge in [-0.15, -0.1) is 0 Å². The topological polar surface area (TPSA) is 135 Å². The molecule has 37 heavy (non-hydrogen) atoms. The summed E-state index contributed by atoms with van der Waals surface area (Å²) in [5.74, 6) is 0.714. The highest BCUT2D eigenvalue weighted by Gasteiger charge is 2.20. The maximum atomic E-state index is 11.0. The number of aliphatic hydroxyl groups excluding tert-OH is 2. The first-order chi connectivity index (χ1) is 17.7. The number of aromatic nitrogens is 2. The van der Waals surface area contributed by atoms with Crippen molar-refractivity contribution < 1.29 is 24.3 Å². The molecule has 0 aliphatic carbocycles. The molecule has 2 atom stereocenters. The van der Waals surface area contributed by atoms with E-state index in [9.17, 15) is 15.0 Å². The van der Waals surface area contributed by atoms with Crippen molar-refractivity contribution in [3.05, 3.63) is 52.6 Å². The van der Waals surface area contributed by atoms with E-state index in [1.165, 1.54) is 11.1 Å². The van der Waals surface area contributed by atoms with Crippen LogP contribution in [0.25, 0.3) is 22.8 Å². The zero-order chi connectivity index (χ0) is 27.1. The minimum Gasteiger partial charge on any atom is -0.490 e.